The number of aromatic amines is 1. The van der Waals surface area contributed by atoms with Crippen LogP contribution in [0.1, 0.15) is 34.1 Å². The Hall–Kier alpha value is -2.61. The number of hydrogen-bond donors (Lipinski definition) is 1. The van der Waals surface area contributed by atoms with Crippen LogP contribution in [0.5, 0.6) is 0 Å². The van der Waals surface area contributed by atoms with Crippen LogP contribution >= 0.6 is 12.2 Å². The lowest BCUT2D eigenvalue weighted by atomic mass is 9.95. The quantitative estimate of drug-likeness (QED) is 0.710. The predicted octanol–water partition coefficient (Wildman–Crippen LogP) is 3.63. The molecule has 8 heteroatoms. The minimum Gasteiger partial charge on any atom is -0.334 e. The molecule has 134 valence electrons. The van der Waals surface area contributed by atoms with E-state index in [0.717, 1.165) is 11.4 Å². The van der Waals surface area contributed by atoms with E-state index < -0.39 is 11.6 Å². The van der Waals surface area contributed by atoms with Gasteiger partial charge in [0.25, 0.3) is 0 Å². The Bertz CT molecular complexity index is 1000. The summed E-state index contributed by atoms with van der Waals surface area (Å²) in [6.07, 6.45) is 5.87. The van der Waals surface area contributed by atoms with Gasteiger partial charge in [0.05, 0.1) is 0 Å². The first-order chi connectivity index (χ1) is 12.5. The zero-order chi connectivity index (χ0) is 18.3. The minimum atomic E-state index is -0.535. The van der Waals surface area contributed by atoms with E-state index in [1.807, 2.05) is 4.57 Å². The summed E-state index contributed by atoms with van der Waals surface area (Å²) in [5, 5.41) is 0. The first-order valence-electron chi connectivity index (χ1n) is 8.30. The molecule has 3 aromatic rings. The molecule has 0 saturated heterocycles. The van der Waals surface area contributed by atoms with E-state index in [4.69, 9.17) is 12.2 Å². The van der Waals surface area contributed by atoms with Crippen molar-refractivity contribution in [2.75, 3.05) is 0 Å². The number of rotatable bonds is 4. The lowest BCUT2D eigenvalue weighted by Crippen LogP contribution is -2.10. The van der Waals surface area contributed by atoms with E-state index in [0.29, 0.717) is 24.2 Å². The smallest absolute Gasteiger partial charge is 0.232 e. The third kappa shape index (κ3) is 2.90. The number of carbonyl (C=O) groups excluding carboxylic acids is 1. The second-order valence-electron chi connectivity index (χ2n) is 6.37. The van der Waals surface area contributed by atoms with Crippen LogP contribution < -0.4 is 0 Å². The average molecular weight is 374 g/mol. The van der Waals surface area contributed by atoms with Crippen molar-refractivity contribution < 1.29 is 13.6 Å². The van der Waals surface area contributed by atoms with Gasteiger partial charge in [-0.25, -0.2) is 13.8 Å². The SMILES string of the molecule is O=C(CCc1[nH]c(=S)n2c1C[C@H](c1c(F)cccc1F)C2)n1ccnc1. The number of H-pyrrole nitrogens is 1. The second-order valence-corrected chi connectivity index (χ2v) is 6.75. The molecule has 0 saturated carbocycles. The van der Waals surface area contributed by atoms with Crippen LogP contribution in [0.3, 0.4) is 0 Å². The number of nitrogens with zero attached hydrogens (tertiary/aromatic N) is 3. The Kier molecular flexibility index (Phi) is 4.28. The molecule has 0 spiro atoms. The van der Waals surface area contributed by atoms with E-state index in [2.05, 4.69) is 9.97 Å². The highest BCUT2D eigenvalue weighted by Crippen LogP contribution is 2.34. The number of halogens is 2. The molecule has 4 rings (SSSR count). The number of carbonyl (C=O) groups is 1. The van der Waals surface area contributed by atoms with Crippen LogP contribution in [0.2, 0.25) is 0 Å². The van der Waals surface area contributed by atoms with Crippen molar-refractivity contribution in [1.29, 1.82) is 0 Å². The average Bonchev–Trinajstić information content (AvgIpc) is 3.32. The maximum Gasteiger partial charge on any atom is 0.232 e. The van der Waals surface area contributed by atoms with Gasteiger partial charge in [0.15, 0.2) is 4.77 Å². The largest absolute Gasteiger partial charge is 0.334 e. The van der Waals surface area contributed by atoms with Gasteiger partial charge in [-0.3, -0.25) is 9.36 Å². The molecule has 1 aliphatic rings. The van der Waals surface area contributed by atoms with Crippen molar-refractivity contribution in [2.24, 2.45) is 0 Å². The maximum absolute atomic E-state index is 14.1. The summed E-state index contributed by atoms with van der Waals surface area (Å²) in [5.41, 5.74) is 1.87. The van der Waals surface area contributed by atoms with Crippen molar-refractivity contribution in [1.82, 2.24) is 19.1 Å². The number of nitrogens with one attached hydrogen (secondary N) is 1. The molecular weight excluding hydrogens is 358 g/mol. The number of aromatic nitrogens is 4. The molecule has 1 aliphatic heterocycles. The molecule has 1 atom stereocenters. The molecule has 1 aromatic carbocycles. The van der Waals surface area contributed by atoms with E-state index in [1.165, 1.54) is 29.1 Å². The summed E-state index contributed by atoms with van der Waals surface area (Å²) in [5.74, 6) is -1.44. The maximum atomic E-state index is 14.1. The Morgan fingerprint density at radius 1 is 1.35 bits per heavy atom. The Balaban J connectivity index is 1.55. The molecule has 26 heavy (non-hydrogen) atoms. The molecular formula is C18H16F2N4OS. The van der Waals surface area contributed by atoms with Crippen LogP contribution in [0.4, 0.5) is 8.78 Å². The minimum absolute atomic E-state index is 0.0727. The third-order valence-corrected chi connectivity index (χ3v) is 5.13. The summed E-state index contributed by atoms with van der Waals surface area (Å²) in [6.45, 7) is 0.429. The topological polar surface area (TPSA) is 55.6 Å². The van der Waals surface area contributed by atoms with Crippen LogP contribution in [-0.4, -0.2) is 25.0 Å². The molecule has 0 aliphatic carbocycles. The molecule has 0 radical (unpaired) electrons. The highest BCUT2D eigenvalue weighted by molar-refractivity contribution is 7.71. The lowest BCUT2D eigenvalue weighted by Gasteiger charge is -2.12. The van der Waals surface area contributed by atoms with Crippen LogP contribution in [0.25, 0.3) is 0 Å². The van der Waals surface area contributed by atoms with Crippen LogP contribution in [0.15, 0.2) is 36.9 Å². The first-order valence-corrected chi connectivity index (χ1v) is 8.71. The summed E-state index contributed by atoms with van der Waals surface area (Å²) in [7, 11) is 0. The van der Waals surface area contributed by atoms with Crippen LogP contribution in [-0.2, 0) is 19.4 Å². The fourth-order valence-electron chi connectivity index (χ4n) is 3.57. The molecule has 2 aromatic heterocycles. The van der Waals surface area contributed by atoms with E-state index in [9.17, 15) is 13.6 Å². The normalized spacial score (nSPS) is 16.0. The number of hydrogen-bond acceptors (Lipinski definition) is 3. The highest BCUT2D eigenvalue weighted by Gasteiger charge is 2.30. The fraction of sp³-hybridized carbons (Fsp3) is 0.278. The number of benzene rings is 1. The molecule has 5 nitrogen and oxygen atoms in total. The van der Waals surface area contributed by atoms with Crippen LogP contribution in [0, 0.1) is 16.4 Å². The predicted molar refractivity (Wildman–Crippen MR) is 93.6 cm³/mol. The van der Waals surface area contributed by atoms with Gasteiger partial charge in [-0.2, -0.15) is 0 Å². The Morgan fingerprint density at radius 2 is 2.12 bits per heavy atom. The zero-order valence-electron chi connectivity index (χ0n) is 13.8. The van der Waals surface area contributed by atoms with Crippen molar-refractivity contribution in [2.45, 2.75) is 31.7 Å². The van der Waals surface area contributed by atoms with Gasteiger partial charge in [0.2, 0.25) is 5.91 Å². The van der Waals surface area contributed by atoms with Gasteiger partial charge in [-0.1, -0.05) is 6.07 Å². The van der Waals surface area contributed by atoms with Gasteiger partial charge in [0.1, 0.15) is 18.0 Å². The van der Waals surface area contributed by atoms with Crippen molar-refractivity contribution in [3.8, 4) is 0 Å². The van der Waals surface area contributed by atoms with Gasteiger partial charge < -0.3 is 9.55 Å². The Morgan fingerprint density at radius 3 is 2.81 bits per heavy atom. The molecule has 0 unspecified atom stereocenters. The Labute approximate surface area is 153 Å². The van der Waals surface area contributed by atoms with Gasteiger partial charge in [0, 0.05) is 48.2 Å². The molecule has 0 fully saturated rings. The molecule has 0 bridgehead atoms. The summed E-state index contributed by atoms with van der Waals surface area (Å²) < 4.78 is 32.0. The number of fused-ring (bicyclic) bond motifs is 1. The number of imidazole rings is 2. The van der Waals surface area contributed by atoms with Gasteiger partial charge in [-0.15, -0.1) is 0 Å². The van der Waals surface area contributed by atoms with Crippen molar-refractivity contribution >= 4 is 18.1 Å². The highest BCUT2D eigenvalue weighted by atomic mass is 32.1. The second kappa shape index (κ2) is 6.60. The van der Waals surface area contributed by atoms with E-state index in [-0.39, 0.29) is 23.8 Å². The summed E-state index contributed by atoms with van der Waals surface area (Å²) in [6, 6.07) is 3.91. The zero-order valence-corrected chi connectivity index (χ0v) is 14.6. The van der Waals surface area contributed by atoms with E-state index in [1.54, 1.807) is 12.4 Å². The van der Waals surface area contributed by atoms with Crippen molar-refractivity contribution in [3.63, 3.8) is 0 Å². The first kappa shape index (κ1) is 16.8. The van der Waals surface area contributed by atoms with Gasteiger partial charge in [-0.05, 0) is 37.2 Å². The summed E-state index contributed by atoms with van der Waals surface area (Å²) in [4.78, 5) is 19.1. The van der Waals surface area contributed by atoms with Crippen molar-refractivity contribution in [3.05, 3.63) is 70.3 Å². The monoisotopic (exact) mass is 374 g/mol. The standard InChI is InChI=1S/C18H16F2N4OS/c19-12-2-1-3-13(20)17(12)11-8-15-14(22-18(26)24(15)9-11)4-5-16(25)23-7-6-21-10-23/h1-3,6-7,10-11H,4-5,8-9H2,(H,22,26)/t11-/m0/s1. The lowest BCUT2D eigenvalue weighted by molar-refractivity contribution is 0.0902. The fourth-order valence-corrected chi connectivity index (χ4v) is 3.88. The molecule has 0 amide bonds. The molecule has 3 heterocycles. The third-order valence-electron chi connectivity index (χ3n) is 4.81. The summed E-state index contributed by atoms with van der Waals surface area (Å²) >= 11 is 5.35. The van der Waals surface area contributed by atoms with E-state index >= 15 is 0 Å². The number of aryl methyl sites for hydroxylation is 1. The molecule has 1 N–H and O–H groups in total. The van der Waals surface area contributed by atoms with Gasteiger partial charge >= 0.3 is 0 Å².